The van der Waals surface area contributed by atoms with Crippen molar-refractivity contribution in [3.05, 3.63) is 29.3 Å². The van der Waals surface area contributed by atoms with E-state index in [4.69, 9.17) is 5.73 Å². The Bertz CT molecular complexity index is 425. The summed E-state index contributed by atoms with van der Waals surface area (Å²) in [6.07, 6.45) is -9.66. The third-order valence-electron chi connectivity index (χ3n) is 2.24. The molecule has 102 valence electrons. The van der Waals surface area contributed by atoms with Gasteiger partial charge in [0.2, 0.25) is 0 Å². The van der Waals surface area contributed by atoms with Crippen molar-refractivity contribution in [3.63, 3.8) is 0 Å². The molecular formula is C10H9F6NO. The zero-order valence-corrected chi connectivity index (χ0v) is 9.06. The molecule has 1 atom stereocenters. The highest BCUT2D eigenvalue weighted by Gasteiger charge is 2.42. The second-order valence-electron chi connectivity index (χ2n) is 3.45. The van der Waals surface area contributed by atoms with E-state index in [9.17, 15) is 26.3 Å². The molecule has 0 saturated heterocycles. The number of para-hydroxylation sites is 1. The molecule has 0 bridgehead atoms. The Hall–Kier alpha value is -1.44. The zero-order valence-electron chi connectivity index (χ0n) is 9.06. The summed E-state index contributed by atoms with van der Waals surface area (Å²) in [7, 11) is 0.858. The third kappa shape index (κ3) is 2.87. The van der Waals surface area contributed by atoms with Crippen molar-refractivity contribution >= 4 is 0 Å². The Morgan fingerprint density at radius 1 is 1.11 bits per heavy atom. The Morgan fingerprint density at radius 2 is 1.67 bits per heavy atom. The van der Waals surface area contributed by atoms with Gasteiger partial charge in [-0.05, 0) is 6.07 Å². The van der Waals surface area contributed by atoms with E-state index >= 15 is 0 Å². The number of halogens is 6. The summed E-state index contributed by atoms with van der Waals surface area (Å²) in [6, 6.07) is -0.195. The van der Waals surface area contributed by atoms with Crippen LogP contribution in [-0.4, -0.2) is 13.3 Å². The Morgan fingerprint density at radius 3 is 2.06 bits per heavy atom. The Labute approximate surface area is 98.3 Å². The molecule has 0 spiro atoms. The number of methoxy groups -OCH3 is 1. The van der Waals surface area contributed by atoms with E-state index in [1.807, 2.05) is 0 Å². The molecule has 0 saturated carbocycles. The fourth-order valence-corrected chi connectivity index (χ4v) is 1.43. The van der Waals surface area contributed by atoms with Crippen LogP contribution in [0.3, 0.4) is 0 Å². The zero-order chi connectivity index (χ0) is 14.1. The van der Waals surface area contributed by atoms with Crippen LogP contribution >= 0.6 is 0 Å². The first-order chi connectivity index (χ1) is 8.09. The highest BCUT2D eigenvalue weighted by atomic mass is 19.4. The molecule has 8 heteroatoms. The number of rotatable bonds is 2. The van der Waals surface area contributed by atoms with Gasteiger partial charge in [0, 0.05) is 5.56 Å². The van der Waals surface area contributed by atoms with Crippen LogP contribution in [-0.2, 0) is 6.18 Å². The standard InChI is InChI=1S/C10H9F6NO/c1-18-7-5(8(17)10(14,15)16)3-2-4-6(7)9(11,12)13/h2-4,8H,17H2,1H3. The predicted octanol–water partition coefficient (Wildman–Crippen LogP) is 3.28. The van der Waals surface area contributed by atoms with Crippen LogP contribution in [0, 0.1) is 0 Å². The number of alkyl halides is 6. The van der Waals surface area contributed by atoms with Crippen LogP contribution in [0.1, 0.15) is 17.2 Å². The largest absolute Gasteiger partial charge is 0.496 e. The molecule has 0 aliphatic carbocycles. The van der Waals surface area contributed by atoms with E-state index in [2.05, 4.69) is 4.74 Å². The first-order valence-corrected chi connectivity index (χ1v) is 4.65. The smallest absolute Gasteiger partial charge is 0.419 e. The topological polar surface area (TPSA) is 35.2 Å². The van der Waals surface area contributed by atoms with Gasteiger partial charge >= 0.3 is 12.4 Å². The average Bonchev–Trinajstić information content (AvgIpc) is 2.24. The number of benzene rings is 1. The van der Waals surface area contributed by atoms with Gasteiger partial charge in [0.1, 0.15) is 11.8 Å². The van der Waals surface area contributed by atoms with Crippen molar-refractivity contribution < 1.29 is 31.1 Å². The molecule has 0 aliphatic rings. The van der Waals surface area contributed by atoms with Crippen LogP contribution in [0.15, 0.2) is 18.2 Å². The molecular weight excluding hydrogens is 264 g/mol. The SMILES string of the molecule is COc1c(C(N)C(F)(F)F)cccc1C(F)(F)F. The molecule has 0 heterocycles. The van der Waals surface area contributed by atoms with E-state index in [1.165, 1.54) is 0 Å². The number of ether oxygens (including phenoxy) is 1. The minimum Gasteiger partial charge on any atom is -0.496 e. The van der Waals surface area contributed by atoms with Crippen molar-refractivity contribution in [2.45, 2.75) is 18.4 Å². The molecule has 2 nitrogen and oxygen atoms in total. The molecule has 0 aromatic heterocycles. The van der Waals surface area contributed by atoms with Crippen molar-refractivity contribution in [2.24, 2.45) is 5.73 Å². The van der Waals surface area contributed by atoms with Crippen LogP contribution in [0.25, 0.3) is 0 Å². The summed E-state index contributed by atoms with van der Waals surface area (Å²) < 4.78 is 79.4. The lowest BCUT2D eigenvalue weighted by molar-refractivity contribution is -0.151. The van der Waals surface area contributed by atoms with Gasteiger partial charge in [-0.3, -0.25) is 0 Å². The molecule has 1 rings (SSSR count). The van der Waals surface area contributed by atoms with Gasteiger partial charge in [0.05, 0.1) is 12.7 Å². The normalized spacial score (nSPS) is 14.4. The quantitative estimate of drug-likeness (QED) is 0.839. The fourth-order valence-electron chi connectivity index (χ4n) is 1.43. The van der Waals surface area contributed by atoms with Crippen LogP contribution in [0.4, 0.5) is 26.3 Å². The lowest BCUT2D eigenvalue weighted by Crippen LogP contribution is -2.29. The van der Waals surface area contributed by atoms with Gasteiger partial charge in [-0.25, -0.2) is 0 Å². The molecule has 2 N–H and O–H groups in total. The second kappa shape index (κ2) is 4.68. The van der Waals surface area contributed by atoms with E-state index in [0.29, 0.717) is 6.07 Å². The van der Waals surface area contributed by atoms with E-state index in [-0.39, 0.29) is 0 Å². The molecule has 1 aromatic rings. The minimum absolute atomic E-state index is 0.630. The summed E-state index contributed by atoms with van der Waals surface area (Å²) in [6.45, 7) is 0. The molecule has 0 fully saturated rings. The van der Waals surface area contributed by atoms with Gasteiger partial charge in [0.25, 0.3) is 0 Å². The van der Waals surface area contributed by atoms with E-state index < -0.39 is 35.3 Å². The Kier molecular flexibility index (Phi) is 3.80. The van der Waals surface area contributed by atoms with Crippen molar-refractivity contribution in [1.29, 1.82) is 0 Å². The van der Waals surface area contributed by atoms with E-state index in [0.717, 1.165) is 19.2 Å². The lowest BCUT2D eigenvalue weighted by atomic mass is 10.0. The molecule has 0 amide bonds. The summed E-state index contributed by atoms with van der Waals surface area (Å²) in [4.78, 5) is 0. The maximum atomic E-state index is 12.6. The summed E-state index contributed by atoms with van der Waals surface area (Å²) in [5.74, 6) is -0.908. The van der Waals surface area contributed by atoms with Crippen LogP contribution in [0.5, 0.6) is 5.75 Å². The highest BCUT2D eigenvalue weighted by molar-refractivity contribution is 5.45. The average molecular weight is 273 g/mol. The third-order valence-corrected chi connectivity index (χ3v) is 2.24. The molecule has 1 aromatic carbocycles. The van der Waals surface area contributed by atoms with Gasteiger partial charge in [0.15, 0.2) is 0 Å². The molecule has 18 heavy (non-hydrogen) atoms. The minimum atomic E-state index is -4.85. The number of nitrogens with two attached hydrogens (primary N) is 1. The lowest BCUT2D eigenvalue weighted by Gasteiger charge is -2.21. The van der Waals surface area contributed by atoms with Crippen LogP contribution < -0.4 is 10.5 Å². The van der Waals surface area contributed by atoms with Gasteiger partial charge < -0.3 is 10.5 Å². The van der Waals surface area contributed by atoms with Crippen molar-refractivity contribution in [2.75, 3.05) is 7.11 Å². The molecule has 0 aliphatic heterocycles. The fraction of sp³-hybridized carbons (Fsp3) is 0.400. The van der Waals surface area contributed by atoms with E-state index in [1.54, 1.807) is 0 Å². The summed E-state index contributed by atoms with van der Waals surface area (Å²) in [5, 5.41) is 0. The first kappa shape index (κ1) is 14.6. The van der Waals surface area contributed by atoms with Gasteiger partial charge in [-0.15, -0.1) is 0 Å². The number of hydrogen-bond donors (Lipinski definition) is 1. The highest BCUT2D eigenvalue weighted by Crippen LogP contribution is 2.42. The second-order valence-corrected chi connectivity index (χ2v) is 3.45. The summed E-state index contributed by atoms with van der Waals surface area (Å²) in [5.41, 5.74) is 2.85. The monoisotopic (exact) mass is 273 g/mol. The predicted molar refractivity (Wildman–Crippen MR) is 51.0 cm³/mol. The van der Waals surface area contributed by atoms with Crippen molar-refractivity contribution in [3.8, 4) is 5.75 Å². The van der Waals surface area contributed by atoms with Gasteiger partial charge in [-0.1, -0.05) is 12.1 Å². The Balaban J connectivity index is 3.39. The van der Waals surface area contributed by atoms with Crippen molar-refractivity contribution in [1.82, 2.24) is 0 Å². The van der Waals surface area contributed by atoms with Gasteiger partial charge in [-0.2, -0.15) is 26.3 Å². The number of hydrogen-bond acceptors (Lipinski definition) is 2. The van der Waals surface area contributed by atoms with Crippen LogP contribution in [0.2, 0.25) is 0 Å². The molecule has 1 unspecified atom stereocenters. The summed E-state index contributed by atoms with van der Waals surface area (Å²) >= 11 is 0. The maximum absolute atomic E-state index is 12.6. The first-order valence-electron chi connectivity index (χ1n) is 4.65. The maximum Gasteiger partial charge on any atom is 0.419 e. The molecule has 0 radical (unpaired) electrons.